The molecule has 15 atom stereocenters. The zero-order chi connectivity index (χ0) is 105. The van der Waals surface area contributed by atoms with Crippen LogP contribution in [-0.4, -0.2) is 89.2 Å². The number of carbonyl (C=O) groups excluding carboxylic acids is 3. The van der Waals surface area contributed by atoms with Crippen molar-refractivity contribution in [3.8, 4) is 0 Å². The zero-order valence-corrected chi connectivity index (χ0v) is 95.1. The maximum Gasteiger partial charge on any atom is 0.408 e. The number of aliphatic hydroxyl groups is 1. The number of fused-ring (bicyclic) bond motifs is 8. The number of benzene rings is 10. The van der Waals surface area contributed by atoms with Gasteiger partial charge in [0.15, 0.2) is 5.78 Å². The number of aryl methyl sites for hydroxylation is 9. The Kier molecular flexibility index (Phi) is 49.1. The van der Waals surface area contributed by atoms with E-state index in [-0.39, 0.29) is 116 Å². The molecule has 22 nitrogen and oxygen atoms in total. The summed E-state index contributed by atoms with van der Waals surface area (Å²) in [6.07, 6.45) is 0.477. The van der Waals surface area contributed by atoms with Crippen molar-refractivity contribution in [1.82, 2.24) is 10.6 Å². The quantitative estimate of drug-likeness (QED) is 0.0310. The van der Waals surface area contributed by atoms with Gasteiger partial charge in [-0.25, -0.2) is 9.59 Å². The molecule has 784 valence electrons. The number of ketones is 1. The lowest BCUT2D eigenvalue weighted by Crippen LogP contribution is -2.41. The van der Waals surface area contributed by atoms with E-state index in [4.69, 9.17) is 69.1 Å². The molecule has 0 aromatic heterocycles. The van der Waals surface area contributed by atoms with E-state index >= 15 is 0 Å². The summed E-state index contributed by atoms with van der Waals surface area (Å²) in [5.74, 6) is 0.102. The highest BCUT2D eigenvalue weighted by molar-refractivity contribution is 9.11. The number of amides is 2. The van der Waals surface area contributed by atoms with Gasteiger partial charge in [-0.1, -0.05) is 274 Å². The lowest BCUT2D eigenvalue weighted by atomic mass is 9.93. The lowest BCUT2D eigenvalue weighted by Gasteiger charge is -2.33. The Morgan fingerprint density at radius 2 is 0.772 bits per heavy atom. The first-order chi connectivity index (χ1) is 67.6. The van der Waals surface area contributed by atoms with Crippen LogP contribution in [0.5, 0.6) is 0 Å². The Bertz CT molecular complexity index is 5700. The minimum atomic E-state index is -0.502. The number of nitrogens with two attached hydrogens (primary N) is 2. The molecule has 0 radical (unpaired) electrons. The van der Waals surface area contributed by atoms with E-state index in [1.54, 1.807) is 13.0 Å². The summed E-state index contributed by atoms with van der Waals surface area (Å²) in [5, 5.41) is 20.3. The van der Waals surface area contributed by atoms with Crippen LogP contribution in [0.4, 0.5) is 9.59 Å². The molecule has 2 amide bonds. The first-order valence-electron chi connectivity index (χ1n) is 49.1. The molecule has 8 aliphatic heterocycles. The van der Waals surface area contributed by atoms with Gasteiger partial charge in [-0.3, -0.25) is 4.79 Å². The standard InChI is InChI=1S/2C16H23NO3.C12H15BrO.C12H14O.2C11H15NO.C11H14O2.C11H12O2.C10H11N3O.C8H8Br2.2ClH/c2*1-10-6-7-12-9-19-11(2)14(13(12)8-10)17-15(18)20-16(3,4)5;1-4-10(3)14-8-11-6-5-9(2)7-12(11)13;1-8-4-5-11-7-13-10(3)9(2)12(11)6-8;4*1-7-3-4-9-6-13-8(2)11(12)10(9)5-7;1-7-10(12-13-11)9-5-3-2-4-8(9)6-14-7;1-6-2-3-7(5-9)8(10)4-6;;/h2*6-8,11,14H,9H2,1-5H3,(H,17,18);4-7,10H,1,8H2,2-3H3;4-6,10H,2,7H2,1,3H3;2*3-5,8,11H,6,12H2,1-2H3;3-5,8,11-12H,6H2,1-2H3;3-5,8H,6H2,1-2H3;2-5,7,10H,6H2,1H3;2-4H,5H2,1H3;2*1H/t11-,14+;11-,14-;;;8-,11+;8-,11-;;;;;;/m01..01....../s1. The molecule has 0 aliphatic carbocycles. The molecular formula is C118H152Br3Cl2N7O15. The fourth-order valence-corrected chi connectivity index (χ4v) is 18.7. The van der Waals surface area contributed by atoms with Crippen LogP contribution in [0.1, 0.15) is 295 Å². The molecule has 0 bridgehead atoms. The highest BCUT2D eigenvalue weighted by atomic mass is 79.9. The first kappa shape index (κ1) is 123. The van der Waals surface area contributed by atoms with Crippen LogP contribution in [0.3, 0.4) is 0 Å². The van der Waals surface area contributed by atoms with Crippen LogP contribution in [0.15, 0.2) is 221 Å². The number of rotatable bonds is 8. The summed E-state index contributed by atoms with van der Waals surface area (Å²) in [6.45, 7) is 60.7. The zero-order valence-electron chi connectivity index (χ0n) is 88.7. The molecular weight excluding hydrogens is 2070 g/mol. The number of alkyl halides is 1. The Morgan fingerprint density at radius 3 is 1.19 bits per heavy atom. The number of aliphatic hydroxyl groups excluding tert-OH is 1. The summed E-state index contributed by atoms with van der Waals surface area (Å²) in [4.78, 5) is 38.5. The molecule has 27 heteroatoms. The van der Waals surface area contributed by atoms with E-state index in [2.05, 4.69) is 244 Å². The number of hydrogen-bond donors (Lipinski definition) is 5. The molecule has 0 saturated heterocycles. The minimum absolute atomic E-state index is 0. The molecule has 0 spiro atoms. The predicted molar refractivity (Wildman–Crippen MR) is 596 cm³/mol. The molecule has 10 aromatic rings. The highest BCUT2D eigenvalue weighted by Crippen LogP contribution is 2.38. The highest BCUT2D eigenvalue weighted by Gasteiger charge is 2.35. The van der Waals surface area contributed by atoms with Crippen molar-refractivity contribution in [2.75, 3.05) is 0 Å². The monoisotopic (exact) mass is 2210 g/mol. The van der Waals surface area contributed by atoms with Gasteiger partial charge in [0, 0.05) is 24.8 Å². The van der Waals surface area contributed by atoms with E-state index in [9.17, 15) is 19.5 Å². The third-order valence-corrected chi connectivity index (χ3v) is 27.4. The fourth-order valence-electron chi connectivity index (χ4n) is 16.6. The van der Waals surface area contributed by atoms with E-state index < -0.39 is 29.5 Å². The van der Waals surface area contributed by atoms with Gasteiger partial charge in [0.2, 0.25) is 0 Å². The molecule has 18 rings (SSSR count). The number of alkyl carbamates (subject to hydrolysis) is 2. The van der Waals surface area contributed by atoms with Crippen molar-refractivity contribution >= 4 is 96.1 Å². The van der Waals surface area contributed by atoms with E-state index in [0.29, 0.717) is 52.9 Å². The third-order valence-electron chi connectivity index (χ3n) is 25.3. The van der Waals surface area contributed by atoms with Crippen molar-refractivity contribution in [3.05, 3.63) is 377 Å². The molecule has 8 aliphatic rings. The van der Waals surface area contributed by atoms with Gasteiger partial charge < -0.3 is 79.3 Å². The number of Topliss-reactive ketones (excluding diaryl/α,β-unsaturated/α-hetero) is 1. The second kappa shape index (κ2) is 58.1. The minimum Gasteiger partial charge on any atom is -0.444 e. The van der Waals surface area contributed by atoms with Gasteiger partial charge in [0.25, 0.3) is 0 Å². The van der Waals surface area contributed by atoms with E-state index in [1.165, 1.54) is 93.5 Å². The number of nitrogens with zero attached hydrogens (tertiary/aromatic N) is 3. The number of hydrogen-bond acceptors (Lipinski definition) is 18. The number of ether oxygens (including phenoxy) is 11. The normalized spacial score (nSPS) is 21.5. The van der Waals surface area contributed by atoms with Crippen LogP contribution in [0.2, 0.25) is 0 Å². The second-order valence-electron chi connectivity index (χ2n) is 39.9. The Balaban J connectivity index is 0.000000219. The van der Waals surface area contributed by atoms with Gasteiger partial charge in [-0.2, -0.15) is 0 Å². The smallest absolute Gasteiger partial charge is 0.408 e. The van der Waals surface area contributed by atoms with E-state index in [0.717, 1.165) is 83.2 Å². The summed E-state index contributed by atoms with van der Waals surface area (Å²) in [6, 6.07) is 63.7. The van der Waals surface area contributed by atoms with Gasteiger partial charge in [-0.05, 0) is 301 Å². The molecule has 8 heterocycles. The number of azide groups is 1. The third kappa shape index (κ3) is 37.2. The molecule has 145 heavy (non-hydrogen) atoms. The SMILES string of the molecule is C=C1c2cc(C)ccc2COC1C.C=CC(C)OCc1ccc(C)cc1Br.CC1OCc2ccccc2C1N=[N+]=[N-].Cc1ccc(CBr)c(Br)c1.Cc1ccc2c(c1)C(=O)C(C)OC2.Cc1ccc2c(c1)C(O)C(C)OC2.Cc1ccc2c(c1)[C@H](N)[C@@H](C)OC2.Cc1ccc2c(c1)[C@H](N)[C@H](C)OC2.Cc1ccc2c(c1)[C@H](NC(=O)OC(C)(C)C)[C@@H](C)OC2.Cc1ccc2c(c1)[C@H](NC(=O)OC(C)(C)C)[C@H](C)OC2.Cl.Cl. The Hall–Kier alpha value is -9.26. The summed E-state index contributed by atoms with van der Waals surface area (Å²) < 4.78 is 62.8. The second-order valence-corrected chi connectivity index (χ2v) is 42.2. The Labute approximate surface area is 898 Å². The topological polar surface area (TPSA) is 298 Å². The average molecular weight is 2220 g/mol. The van der Waals surface area contributed by atoms with Crippen molar-refractivity contribution in [1.29, 1.82) is 0 Å². The van der Waals surface area contributed by atoms with Crippen LogP contribution in [0.25, 0.3) is 16.0 Å². The molecule has 0 fully saturated rings. The number of nitrogens with one attached hydrogen (secondary N) is 2. The van der Waals surface area contributed by atoms with Crippen LogP contribution in [0, 0.1) is 62.3 Å². The van der Waals surface area contributed by atoms with Crippen molar-refractivity contribution in [2.45, 2.75) is 333 Å². The van der Waals surface area contributed by atoms with Gasteiger partial charge >= 0.3 is 12.2 Å². The van der Waals surface area contributed by atoms with Crippen molar-refractivity contribution < 1.29 is 71.6 Å². The first-order valence-corrected chi connectivity index (χ1v) is 51.8. The molecule has 0 saturated carbocycles. The van der Waals surface area contributed by atoms with Crippen molar-refractivity contribution in [3.63, 3.8) is 0 Å². The molecule has 10 aromatic carbocycles. The van der Waals surface area contributed by atoms with Gasteiger partial charge in [-0.15, -0.1) is 31.4 Å². The summed E-state index contributed by atoms with van der Waals surface area (Å²) in [7, 11) is 0. The number of halogens is 5. The summed E-state index contributed by atoms with van der Waals surface area (Å²) >= 11 is 10.4. The summed E-state index contributed by atoms with van der Waals surface area (Å²) in [5.41, 5.74) is 52.3. The van der Waals surface area contributed by atoms with Crippen molar-refractivity contribution in [2.24, 2.45) is 16.6 Å². The van der Waals surface area contributed by atoms with Crippen LogP contribution in [-0.2, 0) is 117 Å². The molecule has 7 unspecified atom stereocenters. The maximum absolute atomic E-state index is 12.0. The lowest BCUT2D eigenvalue weighted by molar-refractivity contribution is -0.0524. The molecule has 7 N–H and O–H groups in total. The van der Waals surface area contributed by atoms with E-state index in [1.807, 2.05) is 185 Å². The van der Waals surface area contributed by atoms with Crippen LogP contribution < -0.4 is 22.1 Å². The predicted octanol–water partition coefficient (Wildman–Crippen LogP) is 29.1. The van der Waals surface area contributed by atoms with Crippen LogP contribution >= 0.6 is 72.6 Å². The largest absolute Gasteiger partial charge is 0.444 e. The average Bonchev–Trinajstić information content (AvgIpc) is 0.810. The Morgan fingerprint density at radius 1 is 0.448 bits per heavy atom. The fraction of sp³-hybridized carbons (Fsp3) is 0.432. The number of carbonyl (C=O) groups is 3. The van der Waals surface area contributed by atoms with Gasteiger partial charge in [0.1, 0.15) is 23.4 Å². The maximum atomic E-state index is 12.0. The van der Waals surface area contributed by atoms with Gasteiger partial charge in [0.05, 0.1) is 139 Å².